The van der Waals surface area contributed by atoms with Crippen molar-refractivity contribution in [2.45, 2.75) is 4.90 Å². The van der Waals surface area contributed by atoms with Crippen molar-refractivity contribution >= 4 is 21.6 Å². The molecule has 0 spiro atoms. The van der Waals surface area contributed by atoms with E-state index in [1.807, 2.05) is 4.72 Å². The number of hydrogen-bond donors (Lipinski definition) is 2. The van der Waals surface area contributed by atoms with Gasteiger partial charge in [0, 0.05) is 5.69 Å². The average Bonchev–Trinajstić information content (AvgIpc) is 2.46. The molecule has 0 radical (unpaired) electrons. The summed E-state index contributed by atoms with van der Waals surface area (Å²) in [6.07, 6.45) is 0. The van der Waals surface area contributed by atoms with E-state index in [9.17, 15) is 22.0 Å². The maximum Gasteiger partial charge on any atom is 0.246 e. The maximum atomic E-state index is 13.5. The first kappa shape index (κ1) is 16.1. The molecule has 8 heteroatoms. The molecular weight excluding hydrogens is 314 g/mol. The molecule has 0 aromatic heterocycles. The minimum absolute atomic E-state index is 0.476. The van der Waals surface area contributed by atoms with Crippen molar-refractivity contribution in [3.63, 3.8) is 0 Å². The van der Waals surface area contributed by atoms with E-state index < -0.39 is 39.0 Å². The fourth-order valence-corrected chi connectivity index (χ4v) is 2.81. The van der Waals surface area contributed by atoms with E-state index in [4.69, 9.17) is 0 Å². The van der Waals surface area contributed by atoms with Gasteiger partial charge in [0.1, 0.15) is 11.6 Å². The number of amides is 1. The molecule has 0 saturated heterocycles. The van der Waals surface area contributed by atoms with Gasteiger partial charge in [0.25, 0.3) is 0 Å². The Kier molecular flexibility index (Phi) is 4.84. The van der Waals surface area contributed by atoms with E-state index in [2.05, 4.69) is 5.32 Å². The third kappa shape index (κ3) is 3.86. The molecule has 1 amide bonds. The van der Waals surface area contributed by atoms with E-state index in [0.29, 0.717) is 5.69 Å². The molecule has 2 N–H and O–H groups in total. The van der Waals surface area contributed by atoms with Gasteiger partial charge in [0.2, 0.25) is 15.9 Å². The molecule has 22 heavy (non-hydrogen) atoms. The van der Waals surface area contributed by atoms with Crippen LogP contribution in [-0.2, 0) is 14.8 Å². The van der Waals surface area contributed by atoms with Gasteiger partial charge in [0.05, 0.1) is 6.54 Å². The highest BCUT2D eigenvalue weighted by molar-refractivity contribution is 7.89. The van der Waals surface area contributed by atoms with Crippen LogP contribution < -0.4 is 10.0 Å². The lowest BCUT2D eigenvalue weighted by atomic mass is 10.3. The molecule has 2 aromatic rings. The van der Waals surface area contributed by atoms with Crippen LogP contribution in [0.15, 0.2) is 53.4 Å². The molecule has 0 aliphatic rings. The molecule has 0 aliphatic heterocycles. The number of sulfonamides is 1. The molecule has 0 unspecified atom stereocenters. The second kappa shape index (κ2) is 6.63. The Morgan fingerprint density at radius 3 is 2.14 bits per heavy atom. The van der Waals surface area contributed by atoms with Crippen LogP contribution in [0, 0.1) is 11.6 Å². The van der Waals surface area contributed by atoms with Crippen molar-refractivity contribution in [1.29, 1.82) is 0 Å². The van der Waals surface area contributed by atoms with Gasteiger partial charge in [-0.15, -0.1) is 0 Å². The minimum atomic E-state index is -4.47. The summed E-state index contributed by atoms with van der Waals surface area (Å²) in [5.74, 6) is -3.11. The molecule has 116 valence electrons. The van der Waals surface area contributed by atoms with Gasteiger partial charge in [-0.3, -0.25) is 4.79 Å². The van der Waals surface area contributed by atoms with Crippen LogP contribution in [-0.4, -0.2) is 20.9 Å². The maximum absolute atomic E-state index is 13.5. The standard InChI is InChI=1S/C14H12F2N2O3S/c15-11-7-4-8-12(16)14(11)22(20,21)17-9-13(19)18-10-5-2-1-3-6-10/h1-8,17H,9H2,(H,18,19). The van der Waals surface area contributed by atoms with Crippen molar-refractivity contribution in [2.75, 3.05) is 11.9 Å². The number of nitrogens with one attached hydrogen (secondary N) is 2. The summed E-state index contributed by atoms with van der Waals surface area (Å²) in [5.41, 5.74) is 0.476. The SMILES string of the molecule is O=C(CNS(=O)(=O)c1c(F)cccc1F)Nc1ccccc1. The zero-order chi connectivity index (χ0) is 16.2. The Balaban J connectivity index is 2.06. The molecule has 0 heterocycles. The lowest BCUT2D eigenvalue weighted by Gasteiger charge is -2.09. The number of rotatable bonds is 5. The Morgan fingerprint density at radius 1 is 0.955 bits per heavy atom. The first-order chi connectivity index (χ1) is 10.4. The minimum Gasteiger partial charge on any atom is -0.325 e. The van der Waals surface area contributed by atoms with Gasteiger partial charge < -0.3 is 5.32 Å². The Morgan fingerprint density at radius 2 is 1.55 bits per heavy atom. The Hall–Kier alpha value is -2.32. The largest absolute Gasteiger partial charge is 0.325 e. The summed E-state index contributed by atoms with van der Waals surface area (Å²) in [6, 6.07) is 11.0. The molecule has 0 aliphatic carbocycles. The molecule has 0 saturated carbocycles. The summed E-state index contributed by atoms with van der Waals surface area (Å²) in [5, 5.41) is 2.44. The highest BCUT2D eigenvalue weighted by atomic mass is 32.2. The van der Waals surface area contributed by atoms with Gasteiger partial charge in [-0.2, -0.15) is 0 Å². The van der Waals surface area contributed by atoms with Crippen LogP contribution in [0.2, 0.25) is 0 Å². The van der Waals surface area contributed by atoms with Crippen LogP contribution in [0.1, 0.15) is 0 Å². The van der Waals surface area contributed by atoms with Gasteiger partial charge in [0.15, 0.2) is 4.90 Å². The fourth-order valence-electron chi connectivity index (χ4n) is 1.70. The second-order valence-electron chi connectivity index (χ2n) is 4.29. The number of hydrogen-bond acceptors (Lipinski definition) is 3. The Bertz CT molecular complexity index is 760. The van der Waals surface area contributed by atoms with Crippen LogP contribution in [0.3, 0.4) is 0 Å². The van der Waals surface area contributed by atoms with Crippen molar-refractivity contribution in [3.05, 3.63) is 60.2 Å². The summed E-state index contributed by atoms with van der Waals surface area (Å²) < 4.78 is 52.5. The monoisotopic (exact) mass is 326 g/mol. The lowest BCUT2D eigenvalue weighted by Crippen LogP contribution is -2.33. The first-order valence-corrected chi connectivity index (χ1v) is 7.67. The van der Waals surface area contributed by atoms with Gasteiger partial charge >= 0.3 is 0 Å². The van der Waals surface area contributed by atoms with Gasteiger partial charge in [-0.25, -0.2) is 21.9 Å². The molecule has 5 nitrogen and oxygen atoms in total. The van der Waals surface area contributed by atoms with Crippen molar-refractivity contribution in [1.82, 2.24) is 4.72 Å². The van der Waals surface area contributed by atoms with E-state index in [-0.39, 0.29) is 0 Å². The van der Waals surface area contributed by atoms with Crippen molar-refractivity contribution in [2.24, 2.45) is 0 Å². The van der Waals surface area contributed by atoms with Crippen molar-refractivity contribution in [3.8, 4) is 0 Å². The highest BCUT2D eigenvalue weighted by Gasteiger charge is 2.24. The summed E-state index contributed by atoms with van der Waals surface area (Å²) >= 11 is 0. The number of para-hydroxylation sites is 1. The van der Waals surface area contributed by atoms with E-state index in [1.54, 1.807) is 30.3 Å². The summed E-state index contributed by atoms with van der Waals surface area (Å²) in [4.78, 5) is 10.5. The van der Waals surface area contributed by atoms with Crippen LogP contribution >= 0.6 is 0 Å². The third-order valence-corrected chi connectivity index (χ3v) is 4.12. The zero-order valence-electron chi connectivity index (χ0n) is 11.2. The lowest BCUT2D eigenvalue weighted by molar-refractivity contribution is -0.115. The van der Waals surface area contributed by atoms with Gasteiger partial charge in [-0.1, -0.05) is 24.3 Å². The number of halogens is 2. The predicted octanol–water partition coefficient (Wildman–Crippen LogP) is 1.88. The molecule has 2 aromatic carbocycles. The molecule has 0 atom stereocenters. The Labute approximate surface area is 126 Å². The normalized spacial score (nSPS) is 11.2. The predicted molar refractivity (Wildman–Crippen MR) is 76.6 cm³/mol. The highest BCUT2D eigenvalue weighted by Crippen LogP contribution is 2.17. The first-order valence-electron chi connectivity index (χ1n) is 6.19. The van der Waals surface area contributed by atoms with Crippen LogP contribution in [0.4, 0.5) is 14.5 Å². The quantitative estimate of drug-likeness (QED) is 0.881. The topological polar surface area (TPSA) is 75.3 Å². The zero-order valence-corrected chi connectivity index (χ0v) is 12.0. The van der Waals surface area contributed by atoms with E-state index in [1.165, 1.54) is 0 Å². The number of carbonyl (C=O) groups is 1. The smallest absolute Gasteiger partial charge is 0.246 e. The molecule has 0 fully saturated rings. The summed E-state index contributed by atoms with van der Waals surface area (Å²) in [7, 11) is -4.47. The number of carbonyl (C=O) groups excluding carboxylic acids is 1. The van der Waals surface area contributed by atoms with Gasteiger partial charge in [-0.05, 0) is 24.3 Å². The second-order valence-corrected chi connectivity index (χ2v) is 5.99. The number of benzene rings is 2. The van der Waals surface area contributed by atoms with E-state index >= 15 is 0 Å². The van der Waals surface area contributed by atoms with E-state index in [0.717, 1.165) is 18.2 Å². The van der Waals surface area contributed by atoms with Crippen molar-refractivity contribution < 1.29 is 22.0 Å². The fraction of sp³-hybridized carbons (Fsp3) is 0.0714. The van der Waals surface area contributed by atoms with Crippen LogP contribution in [0.25, 0.3) is 0 Å². The number of anilines is 1. The summed E-state index contributed by atoms with van der Waals surface area (Å²) in [6.45, 7) is -0.648. The molecular formula is C14H12F2N2O3S. The average molecular weight is 326 g/mol. The third-order valence-electron chi connectivity index (χ3n) is 2.67. The molecule has 2 rings (SSSR count). The molecule has 0 bridgehead atoms. The van der Waals surface area contributed by atoms with Crippen LogP contribution in [0.5, 0.6) is 0 Å².